The van der Waals surface area contributed by atoms with Gasteiger partial charge in [-0.25, -0.2) is 0 Å². The van der Waals surface area contributed by atoms with Gasteiger partial charge in [0.1, 0.15) is 19.3 Å². The fourth-order valence-corrected chi connectivity index (χ4v) is 1.55. The highest BCUT2D eigenvalue weighted by Gasteiger charge is 2.00. The van der Waals surface area contributed by atoms with E-state index in [-0.39, 0.29) is 0 Å². The molecule has 0 aromatic heterocycles. The van der Waals surface area contributed by atoms with Crippen LogP contribution in [0.2, 0.25) is 0 Å². The molecule has 0 atom stereocenters. The van der Waals surface area contributed by atoms with E-state index in [9.17, 15) is 0 Å². The lowest BCUT2D eigenvalue weighted by molar-refractivity contribution is 0.294. The highest BCUT2D eigenvalue weighted by molar-refractivity contribution is 6.32. The first kappa shape index (κ1) is 13.9. The van der Waals surface area contributed by atoms with Crippen LogP contribution in [0.3, 0.4) is 0 Å². The predicted octanol–water partition coefficient (Wildman–Crippen LogP) is 2.30. The van der Waals surface area contributed by atoms with Crippen LogP contribution in [-0.2, 0) is 0 Å². The summed E-state index contributed by atoms with van der Waals surface area (Å²) in [5, 5.41) is 0. The van der Waals surface area contributed by atoms with E-state index in [0.717, 1.165) is 50.4 Å². The predicted molar refractivity (Wildman–Crippen MR) is 75.4 cm³/mol. The van der Waals surface area contributed by atoms with Crippen LogP contribution in [-0.4, -0.2) is 21.1 Å². The van der Waals surface area contributed by atoms with Gasteiger partial charge in [0, 0.05) is 6.07 Å². The molecule has 0 unspecified atom stereocenters. The Hall–Kier alpha value is -1.12. The van der Waals surface area contributed by atoms with E-state index in [4.69, 9.17) is 9.47 Å². The van der Waals surface area contributed by atoms with Gasteiger partial charge in [-0.15, -0.1) is 0 Å². The molecule has 0 amide bonds. The Bertz CT molecular complexity index is 298. The van der Waals surface area contributed by atoms with E-state index in [2.05, 4.69) is 33.8 Å². The monoisotopic (exact) mass is 234 g/mol. The van der Waals surface area contributed by atoms with Crippen molar-refractivity contribution in [1.82, 2.24) is 0 Å². The normalized spacial score (nSPS) is 10.2. The van der Waals surface area contributed by atoms with Crippen molar-refractivity contribution >= 4 is 13.3 Å². The molecule has 0 radical (unpaired) electrons. The maximum absolute atomic E-state index is 5.69. The van der Waals surface area contributed by atoms with Crippen molar-refractivity contribution in [2.75, 3.05) is 13.2 Å². The molecular formula is C14H23BO2. The molecule has 0 saturated heterocycles. The van der Waals surface area contributed by atoms with E-state index >= 15 is 0 Å². The van der Waals surface area contributed by atoms with Gasteiger partial charge in [-0.3, -0.25) is 0 Å². The van der Waals surface area contributed by atoms with Crippen molar-refractivity contribution in [3.8, 4) is 11.5 Å². The van der Waals surface area contributed by atoms with Gasteiger partial charge in [0.2, 0.25) is 0 Å². The quantitative estimate of drug-likeness (QED) is 0.507. The highest BCUT2D eigenvalue weighted by atomic mass is 16.5. The van der Waals surface area contributed by atoms with Crippen molar-refractivity contribution in [3.63, 3.8) is 0 Å². The van der Waals surface area contributed by atoms with Crippen LogP contribution in [0.4, 0.5) is 0 Å². The summed E-state index contributed by atoms with van der Waals surface area (Å²) in [7, 11) is 2.07. The van der Waals surface area contributed by atoms with Gasteiger partial charge in [0.05, 0.1) is 13.2 Å². The summed E-state index contributed by atoms with van der Waals surface area (Å²) in [5.74, 6) is 1.84. The van der Waals surface area contributed by atoms with Crippen LogP contribution < -0.4 is 14.9 Å². The molecule has 0 fully saturated rings. The Balaban J connectivity index is 2.53. The van der Waals surface area contributed by atoms with E-state index < -0.39 is 0 Å². The minimum Gasteiger partial charge on any atom is -0.493 e. The van der Waals surface area contributed by atoms with E-state index in [1.54, 1.807) is 0 Å². The van der Waals surface area contributed by atoms with Gasteiger partial charge in [0.25, 0.3) is 0 Å². The molecule has 0 aliphatic rings. The summed E-state index contributed by atoms with van der Waals surface area (Å²) < 4.78 is 11.4. The molecule has 0 bridgehead atoms. The van der Waals surface area contributed by atoms with Gasteiger partial charge in [-0.2, -0.15) is 0 Å². The molecule has 0 aliphatic carbocycles. The highest BCUT2D eigenvalue weighted by Crippen LogP contribution is 2.18. The first-order valence-electron chi connectivity index (χ1n) is 6.63. The Morgan fingerprint density at radius 3 is 1.76 bits per heavy atom. The van der Waals surface area contributed by atoms with Gasteiger partial charge < -0.3 is 9.47 Å². The lowest BCUT2D eigenvalue weighted by atomic mass is 9.96. The van der Waals surface area contributed by atoms with E-state index in [1.807, 2.05) is 6.07 Å². The third-order valence-corrected chi connectivity index (χ3v) is 2.56. The molecule has 0 spiro atoms. The summed E-state index contributed by atoms with van der Waals surface area (Å²) >= 11 is 0. The first-order valence-corrected chi connectivity index (χ1v) is 6.63. The minimum absolute atomic E-state index is 0.786. The maximum Gasteiger partial charge on any atom is 0.139 e. The lowest BCUT2D eigenvalue weighted by Gasteiger charge is -2.10. The van der Waals surface area contributed by atoms with Gasteiger partial charge in [-0.05, 0) is 25.0 Å². The average molecular weight is 234 g/mol. The van der Waals surface area contributed by atoms with Crippen LogP contribution in [0.1, 0.15) is 39.5 Å². The Morgan fingerprint density at radius 1 is 0.882 bits per heavy atom. The third kappa shape index (κ3) is 5.67. The first-order chi connectivity index (χ1) is 8.26. The SMILES string of the molecule is Bc1cc(OCCCC)cc(OCCCC)c1. The summed E-state index contributed by atoms with van der Waals surface area (Å²) in [4.78, 5) is 0. The maximum atomic E-state index is 5.69. The van der Waals surface area contributed by atoms with Crippen LogP contribution >= 0.6 is 0 Å². The van der Waals surface area contributed by atoms with Crippen molar-refractivity contribution in [1.29, 1.82) is 0 Å². The van der Waals surface area contributed by atoms with Gasteiger partial charge >= 0.3 is 0 Å². The number of hydrogen-bond acceptors (Lipinski definition) is 2. The van der Waals surface area contributed by atoms with E-state index in [1.165, 1.54) is 5.46 Å². The molecule has 94 valence electrons. The fourth-order valence-electron chi connectivity index (χ4n) is 1.55. The topological polar surface area (TPSA) is 18.5 Å². The second-order valence-electron chi connectivity index (χ2n) is 4.39. The van der Waals surface area contributed by atoms with Crippen LogP contribution in [0.25, 0.3) is 0 Å². The molecule has 17 heavy (non-hydrogen) atoms. The van der Waals surface area contributed by atoms with E-state index in [0.29, 0.717) is 0 Å². The second-order valence-corrected chi connectivity index (χ2v) is 4.39. The lowest BCUT2D eigenvalue weighted by Crippen LogP contribution is -2.07. The Kier molecular flexibility index (Phi) is 6.60. The summed E-state index contributed by atoms with van der Waals surface area (Å²) in [6.07, 6.45) is 4.51. The molecule has 2 nitrogen and oxygen atoms in total. The summed E-state index contributed by atoms with van der Waals surface area (Å²) in [6.45, 7) is 5.90. The van der Waals surface area contributed by atoms with Gasteiger partial charge in [-0.1, -0.05) is 32.2 Å². The number of hydrogen-bond donors (Lipinski definition) is 0. The number of benzene rings is 1. The largest absolute Gasteiger partial charge is 0.493 e. The summed E-state index contributed by atoms with van der Waals surface area (Å²) in [5.41, 5.74) is 1.19. The average Bonchev–Trinajstić information content (AvgIpc) is 2.29. The molecule has 0 heterocycles. The van der Waals surface area contributed by atoms with Crippen molar-refractivity contribution < 1.29 is 9.47 Å². The Morgan fingerprint density at radius 2 is 1.35 bits per heavy atom. The fraction of sp³-hybridized carbons (Fsp3) is 0.571. The molecule has 0 N–H and O–H groups in total. The van der Waals surface area contributed by atoms with Crippen LogP contribution in [0.5, 0.6) is 11.5 Å². The third-order valence-electron chi connectivity index (χ3n) is 2.56. The number of rotatable bonds is 8. The van der Waals surface area contributed by atoms with Crippen molar-refractivity contribution in [2.45, 2.75) is 39.5 Å². The number of ether oxygens (including phenoxy) is 2. The van der Waals surface area contributed by atoms with Crippen LogP contribution in [0, 0.1) is 0 Å². The molecule has 1 rings (SSSR count). The standard InChI is InChI=1S/C14H23BO2/c1-3-5-7-16-13-9-12(15)10-14(11-13)17-8-6-4-2/h9-11H,3-8,15H2,1-2H3. The number of unbranched alkanes of at least 4 members (excludes halogenated alkanes) is 2. The summed E-state index contributed by atoms with van der Waals surface area (Å²) in [6, 6.07) is 6.10. The molecule has 0 aliphatic heterocycles. The Labute approximate surface area is 106 Å². The minimum atomic E-state index is 0.786. The smallest absolute Gasteiger partial charge is 0.139 e. The zero-order chi connectivity index (χ0) is 12.5. The molecule has 0 saturated carbocycles. The molecule has 1 aromatic rings. The van der Waals surface area contributed by atoms with Crippen LogP contribution in [0.15, 0.2) is 18.2 Å². The van der Waals surface area contributed by atoms with Crippen molar-refractivity contribution in [2.24, 2.45) is 0 Å². The van der Waals surface area contributed by atoms with Crippen molar-refractivity contribution in [3.05, 3.63) is 18.2 Å². The zero-order valence-electron chi connectivity index (χ0n) is 11.3. The molecule has 3 heteroatoms. The van der Waals surface area contributed by atoms with Gasteiger partial charge in [0.15, 0.2) is 0 Å². The zero-order valence-corrected chi connectivity index (χ0v) is 11.3. The molecular weight excluding hydrogens is 211 g/mol. The second kappa shape index (κ2) is 8.05. The molecule has 1 aromatic carbocycles.